The van der Waals surface area contributed by atoms with Gasteiger partial charge in [0, 0.05) is 30.8 Å². The number of nitrogens with one attached hydrogen (secondary N) is 1. The molecule has 0 unspecified atom stereocenters. The van der Waals surface area contributed by atoms with Gasteiger partial charge in [-0.05, 0) is 31.5 Å². The van der Waals surface area contributed by atoms with Crippen LogP contribution in [0.5, 0.6) is 5.75 Å². The molecule has 2 heterocycles. The highest BCUT2D eigenvalue weighted by atomic mass is 16.5. The third kappa shape index (κ3) is 1.53. The largest absolute Gasteiger partial charge is 0.497 e. The van der Waals surface area contributed by atoms with E-state index in [1.807, 2.05) is 0 Å². The van der Waals surface area contributed by atoms with Crippen LogP contribution < -0.4 is 15.0 Å². The average molecular weight is 232 g/mol. The van der Waals surface area contributed by atoms with Crippen LogP contribution in [0.15, 0.2) is 18.2 Å². The summed E-state index contributed by atoms with van der Waals surface area (Å²) in [5.74, 6) is 1.63. The molecule has 0 spiro atoms. The van der Waals surface area contributed by atoms with Crippen LogP contribution in [0.4, 0.5) is 5.69 Å². The molecule has 3 atom stereocenters. The van der Waals surface area contributed by atoms with Gasteiger partial charge in [0.15, 0.2) is 0 Å². The molecule has 0 amide bonds. The minimum Gasteiger partial charge on any atom is -0.497 e. The van der Waals surface area contributed by atoms with Crippen LogP contribution in [-0.4, -0.2) is 32.8 Å². The van der Waals surface area contributed by atoms with E-state index in [1.54, 1.807) is 7.11 Å². The van der Waals surface area contributed by atoms with Gasteiger partial charge in [-0.15, -0.1) is 0 Å². The molecule has 0 bridgehead atoms. The first-order valence-electron chi connectivity index (χ1n) is 6.36. The summed E-state index contributed by atoms with van der Waals surface area (Å²) in [6.07, 6.45) is 1.23. The fraction of sp³-hybridized carbons (Fsp3) is 0.571. The van der Waals surface area contributed by atoms with Gasteiger partial charge in [-0.3, -0.25) is 0 Å². The Balaban J connectivity index is 2.04. The number of methoxy groups -OCH3 is 1. The molecular formula is C14H20N2O. The van der Waals surface area contributed by atoms with E-state index in [-0.39, 0.29) is 0 Å². The van der Waals surface area contributed by atoms with Crippen molar-refractivity contribution in [3.05, 3.63) is 23.8 Å². The first kappa shape index (κ1) is 10.9. The smallest absolute Gasteiger partial charge is 0.120 e. The van der Waals surface area contributed by atoms with Gasteiger partial charge < -0.3 is 15.0 Å². The predicted octanol–water partition coefficient (Wildman–Crippen LogP) is 1.98. The Morgan fingerprint density at radius 1 is 1.41 bits per heavy atom. The van der Waals surface area contributed by atoms with Gasteiger partial charge in [-0.1, -0.05) is 6.07 Å². The molecule has 1 N–H and O–H groups in total. The SMILES string of the molecule is COc1ccc2c(c1)N(C)[C@@H]1[C@@H]2CCN[C@@H]1C. The summed E-state index contributed by atoms with van der Waals surface area (Å²) < 4.78 is 5.33. The number of likely N-dealkylation sites (N-methyl/N-ethyl adjacent to an activating group) is 1. The lowest BCUT2D eigenvalue weighted by Gasteiger charge is -2.37. The number of hydrogen-bond donors (Lipinski definition) is 1. The quantitative estimate of drug-likeness (QED) is 0.801. The molecule has 3 rings (SSSR count). The van der Waals surface area contributed by atoms with Gasteiger partial charge in [0.05, 0.1) is 13.2 Å². The summed E-state index contributed by atoms with van der Waals surface area (Å²) in [6.45, 7) is 3.41. The number of anilines is 1. The monoisotopic (exact) mass is 232 g/mol. The Kier molecular flexibility index (Phi) is 2.51. The van der Waals surface area contributed by atoms with Crippen molar-refractivity contribution in [1.82, 2.24) is 5.32 Å². The lowest BCUT2D eigenvalue weighted by atomic mass is 9.85. The second kappa shape index (κ2) is 3.91. The summed E-state index contributed by atoms with van der Waals surface area (Å²) in [6, 6.07) is 7.64. The first-order chi connectivity index (χ1) is 8.22. The molecule has 2 aliphatic rings. The molecule has 3 heteroatoms. The Bertz CT molecular complexity index is 432. The molecule has 92 valence electrons. The van der Waals surface area contributed by atoms with E-state index in [0.717, 1.165) is 12.3 Å². The van der Waals surface area contributed by atoms with Crippen molar-refractivity contribution in [2.45, 2.75) is 31.3 Å². The molecule has 0 aliphatic carbocycles. The normalized spacial score (nSPS) is 31.0. The molecule has 1 aromatic rings. The Labute approximate surface area is 103 Å². The van der Waals surface area contributed by atoms with Gasteiger partial charge in [-0.25, -0.2) is 0 Å². The van der Waals surface area contributed by atoms with Crippen LogP contribution in [0.3, 0.4) is 0 Å². The van der Waals surface area contributed by atoms with Crippen LogP contribution in [-0.2, 0) is 0 Å². The molecule has 0 aromatic heterocycles. The maximum atomic E-state index is 5.33. The molecule has 2 aliphatic heterocycles. The first-order valence-corrected chi connectivity index (χ1v) is 6.36. The van der Waals surface area contributed by atoms with E-state index in [2.05, 4.69) is 42.4 Å². The summed E-state index contributed by atoms with van der Waals surface area (Å²) in [5.41, 5.74) is 2.83. The fourth-order valence-electron chi connectivity index (χ4n) is 3.48. The standard InChI is InChI=1S/C14H20N2O/c1-9-14-12(6-7-15-9)11-5-4-10(17-3)8-13(11)16(14)2/h4-5,8-9,12,14-15H,6-7H2,1-3H3/t9-,12-,14+/m1/s1. The molecular weight excluding hydrogens is 212 g/mol. The van der Waals surface area contributed by atoms with E-state index in [1.165, 1.54) is 17.7 Å². The van der Waals surface area contributed by atoms with Crippen molar-refractivity contribution >= 4 is 5.69 Å². The Morgan fingerprint density at radius 3 is 3.00 bits per heavy atom. The summed E-state index contributed by atoms with van der Waals surface area (Å²) in [5, 5.41) is 3.57. The lowest BCUT2D eigenvalue weighted by molar-refractivity contribution is 0.337. The van der Waals surface area contributed by atoms with Crippen molar-refractivity contribution in [2.24, 2.45) is 0 Å². The van der Waals surface area contributed by atoms with Crippen molar-refractivity contribution < 1.29 is 4.74 Å². The van der Waals surface area contributed by atoms with Crippen molar-refractivity contribution in [3.63, 3.8) is 0 Å². The van der Waals surface area contributed by atoms with E-state index < -0.39 is 0 Å². The zero-order valence-electron chi connectivity index (χ0n) is 10.7. The highest BCUT2D eigenvalue weighted by Crippen LogP contribution is 2.45. The lowest BCUT2D eigenvalue weighted by Crippen LogP contribution is -2.51. The number of hydrogen-bond acceptors (Lipinski definition) is 3. The van der Waals surface area contributed by atoms with Crippen molar-refractivity contribution in [2.75, 3.05) is 25.6 Å². The van der Waals surface area contributed by atoms with Crippen LogP contribution in [0, 0.1) is 0 Å². The highest BCUT2D eigenvalue weighted by molar-refractivity contribution is 5.64. The number of nitrogens with zero attached hydrogens (tertiary/aromatic N) is 1. The number of rotatable bonds is 1. The molecule has 0 radical (unpaired) electrons. The maximum absolute atomic E-state index is 5.33. The van der Waals surface area contributed by atoms with Gasteiger partial charge in [0.2, 0.25) is 0 Å². The second-order valence-corrected chi connectivity index (χ2v) is 5.16. The zero-order chi connectivity index (χ0) is 12.0. The minimum absolute atomic E-state index is 0.553. The Hall–Kier alpha value is -1.22. The van der Waals surface area contributed by atoms with Crippen LogP contribution in [0.1, 0.15) is 24.8 Å². The number of benzene rings is 1. The third-order valence-corrected chi connectivity index (χ3v) is 4.31. The van der Waals surface area contributed by atoms with Crippen LogP contribution in [0.25, 0.3) is 0 Å². The van der Waals surface area contributed by atoms with Gasteiger partial charge in [0.1, 0.15) is 5.75 Å². The highest BCUT2D eigenvalue weighted by Gasteiger charge is 2.41. The molecule has 3 nitrogen and oxygen atoms in total. The van der Waals surface area contributed by atoms with E-state index >= 15 is 0 Å². The maximum Gasteiger partial charge on any atom is 0.120 e. The molecule has 1 aromatic carbocycles. The van der Waals surface area contributed by atoms with Gasteiger partial charge >= 0.3 is 0 Å². The Morgan fingerprint density at radius 2 is 2.24 bits per heavy atom. The second-order valence-electron chi connectivity index (χ2n) is 5.16. The van der Waals surface area contributed by atoms with Gasteiger partial charge in [0.25, 0.3) is 0 Å². The van der Waals surface area contributed by atoms with Crippen molar-refractivity contribution in [1.29, 1.82) is 0 Å². The number of piperidine rings is 1. The average Bonchev–Trinajstić information content (AvgIpc) is 2.64. The van der Waals surface area contributed by atoms with E-state index in [4.69, 9.17) is 4.74 Å². The zero-order valence-corrected chi connectivity index (χ0v) is 10.7. The summed E-state index contributed by atoms with van der Waals surface area (Å²) >= 11 is 0. The fourth-order valence-corrected chi connectivity index (χ4v) is 3.48. The number of fused-ring (bicyclic) bond motifs is 3. The number of ether oxygens (including phenoxy) is 1. The summed E-state index contributed by atoms with van der Waals surface area (Å²) in [7, 11) is 3.93. The van der Waals surface area contributed by atoms with Crippen LogP contribution in [0.2, 0.25) is 0 Å². The minimum atomic E-state index is 0.553. The summed E-state index contributed by atoms with van der Waals surface area (Å²) in [4.78, 5) is 2.42. The molecule has 1 fully saturated rings. The third-order valence-electron chi connectivity index (χ3n) is 4.31. The van der Waals surface area contributed by atoms with E-state index in [9.17, 15) is 0 Å². The van der Waals surface area contributed by atoms with Gasteiger partial charge in [-0.2, -0.15) is 0 Å². The van der Waals surface area contributed by atoms with Crippen LogP contribution >= 0.6 is 0 Å². The topological polar surface area (TPSA) is 24.5 Å². The molecule has 0 saturated carbocycles. The predicted molar refractivity (Wildman–Crippen MR) is 70.0 cm³/mol. The van der Waals surface area contributed by atoms with E-state index in [0.29, 0.717) is 18.0 Å². The molecule has 17 heavy (non-hydrogen) atoms. The van der Waals surface area contributed by atoms with Crippen molar-refractivity contribution in [3.8, 4) is 5.75 Å². The molecule has 1 saturated heterocycles.